The van der Waals surface area contributed by atoms with E-state index in [4.69, 9.17) is 0 Å². The van der Waals surface area contributed by atoms with Crippen molar-refractivity contribution in [3.8, 4) is 0 Å². The van der Waals surface area contributed by atoms with E-state index >= 15 is 0 Å². The summed E-state index contributed by atoms with van der Waals surface area (Å²) in [4.78, 5) is 0. The molecule has 0 aliphatic carbocycles. The Balaban J connectivity index is 2.05. The second-order valence-corrected chi connectivity index (χ2v) is 10.3. The van der Waals surface area contributed by atoms with Crippen molar-refractivity contribution in [2.75, 3.05) is 31.9 Å². The summed E-state index contributed by atoms with van der Waals surface area (Å²) < 4.78 is 52.5. The van der Waals surface area contributed by atoms with Gasteiger partial charge in [0.15, 0.2) is 0 Å². The molecular weight excluding hydrogens is 348 g/mol. The van der Waals surface area contributed by atoms with Gasteiger partial charge >= 0.3 is 0 Å². The normalized spacial score (nSPS) is 18.4. The van der Waals surface area contributed by atoms with Crippen LogP contribution in [0, 0.1) is 6.92 Å². The fraction of sp³-hybridized carbons (Fsp3) is 0.625. The minimum atomic E-state index is -3.44. The molecule has 1 saturated heterocycles. The highest BCUT2D eigenvalue weighted by molar-refractivity contribution is 7.89. The van der Waals surface area contributed by atoms with Crippen LogP contribution < -0.4 is 0 Å². The highest BCUT2D eigenvalue weighted by Crippen LogP contribution is 2.16. The number of benzene rings is 1. The lowest BCUT2D eigenvalue weighted by atomic mass is 10.2. The summed E-state index contributed by atoms with van der Waals surface area (Å²) >= 11 is 0. The molecular formula is C16H26N2O4S2. The molecule has 1 aliphatic rings. The van der Waals surface area contributed by atoms with Crippen molar-refractivity contribution in [2.24, 2.45) is 0 Å². The quantitative estimate of drug-likeness (QED) is 0.757. The van der Waals surface area contributed by atoms with Gasteiger partial charge < -0.3 is 0 Å². The number of nitrogens with zero attached hydrogens (tertiary/aromatic N) is 2. The summed E-state index contributed by atoms with van der Waals surface area (Å²) in [7, 11) is -6.72. The Labute approximate surface area is 145 Å². The Morgan fingerprint density at radius 2 is 1.42 bits per heavy atom. The van der Waals surface area contributed by atoms with Crippen LogP contribution >= 0.6 is 0 Å². The largest absolute Gasteiger partial charge is 0.218 e. The molecule has 0 spiro atoms. The topological polar surface area (TPSA) is 74.8 Å². The molecule has 2 rings (SSSR count). The van der Waals surface area contributed by atoms with Crippen molar-refractivity contribution in [2.45, 2.75) is 32.4 Å². The molecule has 6 nitrogen and oxygen atoms in total. The molecule has 1 aliphatic heterocycles. The van der Waals surface area contributed by atoms with E-state index in [1.807, 2.05) is 38.1 Å². The smallest absolute Gasteiger partial charge is 0.212 e. The zero-order valence-corrected chi connectivity index (χ0v) is 15.9. The Hall–Kier alpha value is -0.960. The molecule has 0 unspecified atom stereocenters. The van der Waals surface area contributed by atoms with Crippen molar-refractivity contribution in [1.82, 2.24) is 8.61 Å². The minimum absolute atomic E-state index is 0.0466. The van der Waals surface area contributed by atoms with E-state index in [2.05, 4.69) is 0 Å². The maximum absolute atomic E-state index is 12.6. The van der Waals surface area contributed by atoms with Crippen molar-refractivity contribution in [1.29, 1.82) is 0 Å². The van der Waals surface area contributed by atoms with Crippen molar-refractivity contribution >= 4 is 20.0 Å². The molecule has 24 heavy (non-hydrogen) atoms. The van der Waals surface area contributed by atoms with Crippen molar-refractivity contribution in [3.63, 3.8) is 0 Å². The molecule has 0 atom stereocenters. The van der Waals surface area contributed by atoms with E-state index < -0.39 is 20.0 Å². The van der Waals surface area contributed by atoms with Gasteiger partial charge in [-0.1, -0.05) is 36.8 Å². The van der Waals surface area contributed by atoms with Crippen LogP contribution in [0.5, 0.6) is 0 Å². The first-order valence-electron chi connectivity index (χ1n) is 8.26. The molecule has 0 radical (unpaired) electrons. The van der Waals surface area contributed by atoms with Crippen LogP contribution in [0.1, 0.15) is 30.9 Å². The average molecular weight is 375 g/mol. The molecule has 1 fully saturated rings. The highest BCUT2D eigenvalue weighted by atomic mass is 32.2. The first-order chi connectivity index (χ1) is 11.2. The van der Waals surface area contributed by atoms with Gasteiger partial charge in [-0.3, -0.25) is 0 Å². The van der Waals surface area contributed by atoms with E-state index in [1.54, 1.807) is 0 Å². The number of hydrogen-bond acceptors (Lipinski definition) is 4. The van der Waals surface area contributed by atoms with Crippen molar-refractivity contribution in [3.05, 3.63) is 35.4 Å². The lowest BCUT2D eigenvalue weighted by molar-refractivity contribution is 0.404. The zero-order valence-electron chi connectivity index (χ0n) is 14.3. The lowest BCUT2D eigenvalue weighted by Crippen LogP contribution is -2.38. The van der Waals surface area contributed by atoms with Gasteiger partial charge in [-0.2, -0.15) is 0 Å². The van der Waals surface area contributed by atoms with Gasteiger partial charge in [-0.15, -0.1) is 0 Å². The fourth-order valence-corrected chi connectivity index (χ4v) is 5.90. The number of rotatable bonds is 6. The van der Waals surface area contributed by atoms with Crippen molar-refractivity contribution < 1.29 is 16.8 Å². The van der Waals surface area contributed by atoms with Gasteiger partial charge in [0.05, 0.1) is 11.5 Å². The van der Waals surface area contributed by atoms with E-state index in [9.17, 15) is 16.8 Å². The van der Waals surface area contributed by atoms with Gasteiger partial charge in [-0.05, 0) is 25.3 Å². The SMILES string of the molecule is CCCS(=O)(=O)N1CCCN(S(=O)(=O)Cc2ccc(C)cc2)CC1. The highest BCUT2D eigenvalue weighted by Gasteiger charge is 2.29. The maximum atomic E-state index is 12.6. The first kappa shape index (κ1) is 19.4. The zero-order chi connectivity index (χ0) is 17.8. The summed E-state index contributed by atoms with van der Waals surface area (Å²) in [5.74, 6) is 0.0676. The Kier molecular flexibility index (Phi) is 6.41. The Morgan fingerprint density at radius 3 is 1.96 bits per heavy atom. The van der Waals surface area contributed by atoms with Crippen LogP contribution in [-0.2, 0) is 25.8 Å². The summed E-state index contributed by atoms with van der Waals surface area (Å²) in [5.41, 5.74) is 1.84. The molecule has 1 heterocycles. The second kappa shape index (κ2) is 7.95. The van der Waals surface area contributed by atoms with E-state index in [-0.39, 0.29) is 24.6 Å². The number of sulfonamides is 2. The third-order valence-electron chi connectivity index (χ3n) is 4.13. The average Bonchev–Trinajstić information content (AvgIpc) is 2.76. The van der Waals surface area contributed by atoms with Gasteiger partial charge in [0.1, 0.15) is 0 Å². The van der Waals surface area contributed by atoms with Gasteiger partial charge in [0, 0.05) is 26.2 Å². The summed E-state index contributed by atoms with van der Waals surface area (Å²) in [5, 5.41) is 0. The van der Waals surface area contributed by atoms with Gasteiger partial charge in [-0.25, -0.2) is 25.4 Å². The Morgan fingerprint density at radius 1 is 0.875 bits per heavy atom. The standard InChI is InChI=1S/C16H26N2O4S2/c1-3-13-23(19,20)17-9-4-10-18(12-11-17)24(21,22)14-16-7-5-15(2)6-8-16/h5-8H,3-4,9-14H2,1-2H3. The van der Waals surface area contributed by atoms with Gasteiger partial charge in [0.25, 0.3) is 0 Å². The van der Waals surface area contributed by atoms with E-state index in [0.717, 1.165) is 11.1 Å². The van der Waals surface area contributed by atoms with E-state index in [1.165, 1.54) is 8.61 Å². The monoisotopic (exact) mass is 374 g/mol. The molecule has 8 heteroatoms. The van der Waals surface area contributed by atoms with Crippen LogP contribution in [0.25, 0.3) is 0 Å². The van der Waals surface area contributed by atoms with Gasteiger partial charge in [0.2, 0.25) is 20.0 Å². The molecule has 0 bridgehead atoms. The molecule has 136 valence electrons. The molecule has 1 aromatic rings. The first-order valence-corrected chi connectivity index (χ1v) is 11.5. The van der Waals surface area contributed by atoms with E-state index in [0.29, 0.717) is 25.9 Å². The van der Waals surface area contributed by atoms with Crippen LogP contribution in [-0.4, -0.2) is 57.4 Å². The lowest BCUT2D eigenvalue weighted by Gasteiger charge is -2.21. The summed E-state index contributed by atoms with van der Waals surface area (Å²) in [6.45, 7) is 4.99. The summed E-state index contributed by atoms with van der Waals surface area (Å²) in [6.07, 6.45) is 1.09. The predicted molar refractivity (Wildman–Crippen MR) is 95.6 cm³/mol. The number of aryl methyl sites for hydroxylation is 1. The minimum Gasteiger partial charge on any atom is -0.212 e. The third kappa shape index (κ3) is 5.02. The number of hydrogen-bond donors (Lipinski definition) is 0. The molecule has 0 amide bonds. The van der Waals surface area contributed by atoms with Crippen LogP contribution in [0.15, 0.2) is 24.3 Å². The molecule has 0 saturated carbocycles. The maximum Gasteiger partial charge on any atom is 0.218 e. The van der Waals surface area contributed by atoms with Crippen LogP contribution in [0.2, 0.25) is 0 Å². The second-order valence-electron chi connectivity index (χ2n) is 6.21. The van der Waals surface area contributed by atoms with Crippen LogP contribution in [0.3, 0.4) is 0 Å². The predicted octanol–water partition coefficient (Wildman–Crippen LogP) is 1.57. The third-order valence-corrected chi connectivity index (χ3v) is 8.06. The molecule has 1 aromatic carbocycles. The molecule has 0 aromatic heterocycles. The Bertz CT molecular complexity index is 743. The fourth-order valence-electron chi connectivity index (χ4n) is 2.80. The van der Waals surface area contributed by atoms with Crippen LogP contribution in [0.4, 0.5) is 0 Å². The summed E-state index contributed by atoms with van der Waals surface area (Å²) in [6, 6.07) is 7.43. The molecule has 0 N–H and O–H groups in total.